The molecule has 0 saturated carbocycles. The van der Waals surface area contributed by atoms with E-state index in [0.717, 1.165) is 10.6 Å². The summed E-state index contributed by atoms with van der Waals surface area (Å²) in [5.41, 5.74) is -0.260. The summed E-state index contributed by atoms with van der Waals surface area (Å²) >= 11 is 1.60. The van der Waals surface area contributed by atoms with Crippen molar-refractivity contribution in [2.75, 3.05) is 33.5 Å². The topological polar surface area (TPSA) is 158 Å². The number of rotatable bonds is 5. The maximum Gasteiger partial charge on any atom is 0.329 e. The maximum atomic E-state index is 14.6. The quantitative estimate of drug-likeness (QED) is 0.366. The van der Waals surface area contributed by atoms with Crippen LogP contribution >= 0.6 is 11.8 Å². The predicted octanol–water partition coefficient (Wildman–Crippen LogP) is 5.50. The average Bonchev–Trinajstić information content (AvgIpc) is 3.89. The zero-order chi connectivity index (χ0) is 44.0. The number of fused-ring (bicyclic) bond motifs is 2. The first kappa shape index (κ1) is 48.0. The number of nitrogens with one attached hydrogen (secondary N) is 1. The number of benzene rings is 1. The number of esters is 1. The summed E-state index contributed by atoms with van der Waals surface area (Å²) in [6, 6.07) is 3.47. The lowest BCUT2D eigenvalue weighted by molar-refractivity contribution is -0.166. The number of carbonyl (C=O) groups excluding carboxylic acids is 5. The van der Waals surface area contributed by atoms with Crippen LogP contribution in [-0.2, 0) is 35.1 Å². The highest BCUT2D eigenvalue weighted by molar-refractivity contribution is 8.14. The number of thioether (sulfide) groups is 1. The van der Waals surface area contributed by atoms with Crippen LogP contribution in [0.1, 0.15) is 113 Å². The Labute approximate surface area is 356 Å². The Kier molecular flexibility index (Phi) is 16.5. The number of aliphatic hydroxyl groups is 1. The lowest BCUT2D eigenvalue weighted by Gasteiger charge is -2.39. The highest BCUT2D eigenvalue weighted by Crippen LogP contribution is 2.39. The molecule has 1 aromatic carbocycles. The predicted molar refractivity (Wildman–Crippen MR) is 232 cm³/mol. The third-order valence-corrected chi connectivity index (χ3v) is 14.3. The van der Waals surface area contributed by atoms with E-state index in [1.54, 1.807) is 56.9 Å². The number of amides is 4. The molecule has 2 N–H and O–H groups in total. The van der Waals surface area contributed by atoms with E-state index in [9.17, 15) is 29.1 Å². The second-order valence-electron chi connectivity index (χ2n) is 18.8. The van der Waals surface area contributed by atoms with Crippen LogP contribution in [0, 0.1) is 22.7 Å². The summed E-state index contributed by atoms with van der Waals surface area (Å²) in [6.07, 6.45) is 2.23. The molecule has 2 bridgehead atoms. The molecule has 3 aliphatic heterocycles. The number of hydrogen-bond donors (Lipinski definition) is 2. The molecule has 0 aliphatic carbocycles. The van der Waals surface area contributed by atoms with Crippen LogP contribution in [0.3, 0.4) is 0 Å². The molecule has 330 valence electrons. The van der Waals surface area contributed by atoms with E-state index in [-0.39, 0.29) is 42.5 Å². The van der Waals surface area contributed by atoms with Gasteiger partial charge in [-0.05, 0) is 74.0 Å². The van der Waals surface area contributed by atoms with Crippen LogP contribution in [0.25, 0.3) is 0 Å². The number of carbonyl (C=O) groups is 5. The molecule has 0 aromatic heterocycles. The van der Waals surface area contributed by atoms with Gasteiger partial charge >= 0.3 is 5.97 Å². The number of hydrogen-bond acceptors (Lipinski definition) is 10. The molecule has 0 radical (unpaired) electrons. The molecule has 3 aliphatic rings. The lowest BCUT2D eigenvalue weighted by Crippen LogP contribution is -2.59. The van der Waals surface area contributed by atoms with Crippen molar-refractivity contribution in [1.82, 2.24) is 20.0 Å². The van der Waals surface area contributed by atoms with Crippen LogP contribution in [0.4, 0.5) is 0 Å². The first-order chi connectivity index (χ1) is 27.6. The van der Waals surface area contributed by atoms with E-state index in [4.69, 9.17) is 14.5 Å². The van der Waals surface area contributed by atoms with Crippen molar-refractivity contribution in [2.24, 2.45) is 27.7 Å². The molecule has 4 amide bonds. The Morgan fingerprint density at radius 3 is 2.27 bits per heavy atom. The monoisotopic (exact) mass is 842 g/mol. The molecule has 59 heavy (non-hydrogen) atoms. The second-order valence-corrected chi connectivity index (χ2v) is 19.8. The number of cyclic esters (lactones) is 1. The SMILES string of the molecule is CC[C@H](C)C1C(=O)N2CCC[C@H]2C(=O)O[C@H](C(C)(C)C)C[C@@H](C)C[C@H](O)C(C)(C)C2=N[C@@H](CCC(=O)N[C@@H](Cc3ccc(OC)cc3)C(=O)N(C)[C@@H](C)C(=O)N1C)CS2. The molecule has 1 saturated heterocycles. The lowest BCUT2D eigenvalue weighted by atomic mass is 9.78. The van der Waals surface area contributed by atoms with E-state index < -0.39 is 65.0 Å². The molecule has 4 rings (SSSR count). The third kappa shape index (κ3) is 11.8. The molecule has 1 fully saturated rings. The van der Waals surface area contributed by atoms with Gasteiger partial charge in [0.2, 0.25) is 23.6 Å². The van der Waals surface area contributed by atoms with Gasteiger partial charge in [0.15, 0.2) is 0 Å². The Morgan fingerprint density at radius 2 is 1.66 bits per heavy atom. The van der Waals surface area contributed by atoms with Gasteiger partial charge in [-0.3, -0.25) is 24.2 Å². The van der Waals surface area contributed by atoms with E-state index in [1.165, 1.54) is 9.80 Å². The van der Waals surface area contributed by atoms with E-state index in [2.05, 4.69) is 12.2 Å². The van der Waals surface area contributed by atoms with Crippen LogP contribution in [-0.4, -0.2) is 130 Å². The normalized spacial score (nSPS) is 30.5. The van der Waals surface area contributed by atoms with Gasteiger partial charge in [0.25, 0.3) is 0 Å². The Morgan fingerprint density at radius 1 is 1.00 bits per heavy atom. The minimum atomic E-state index is -0.982. The number of nitrogens with zero attached hydrogens (tertiary/aromatic N) is 4. The standard InChI is InChI=1S/C45H71N5O8S/c1-13-28(3)38-41(55)50-22-14-15-34(50)42(56)58-36(44(5,6)7)24-27(2)23-35(51)45(8,9)43-46-31(26-59-43)18-21-37(52)47-33(25-30-16-19-32(57-12)20-17-30)40(54)48(10)29(4)39(53)49(38)11/h16-17,19-20,27-29,31,33-36,38,51H,13-15,18,21-26H2,1-12H3,(H,47,52)/t27-,28-,29-,31-,33-,34-,35-,36-,38?/m0/s1. The molecular formula is C45H71N5O8S. The van der Waals surface area contributed by atoms with Crippen LogP contribution in [0.5, 0.6) is 5.75 Å². The molecule has 3 heterocycles. The summed E-state index contributed by atoms with van der Waals surface area (Å²) in [5.74, 6) is -0.903. The highest BCUT2D eigenvalue weighted by atomic mass is 32.2. The Hall–Kier alpha value is -3.65. The van der Waals surface area contributed by atoms with E-state index in [1.807, 2.05) is 60.6 Å². The molecule has 14 heteroatoms. The van der Waals surface area contributed by atoms with Crippen molar-refractivity contribution in [3.63, 3.8) is 0 Å². The molecule has 0 spiro atoms. The number of aliphatic imine (C=N–C) groups is 1. The summed E-state index contributed by atoms with van der Waals surface area (Å²) in [5, 5.41) is 15.5. The van der Waals surface area contributed by atoms with Crippen molar-refractivity contribution in [3.8, 4) is 5.75 Å². The average molecular weight is 842 g/mol. The zero-order valence-electron chi connectivity index (χ0n) is 37.6. The molecule has 13 nitrogen and oxygen atoms in total. The summed E-state index contributed by atoms with van der Waals surface area (Å²) < 4.78 is 11.6. The number of likely N-dealkylation sites (N-methyl/N-ethyl adjacent to an activating group) is 2. The molecule has 9 atom stereocenters. The smallest absolute Gasteiger partial charge is 0.329 e. The summed E-state index contributed by atoms with van der Waals surface area (Å²) in [6.45, 7) is 18.0. The number of methoxy groups -OCH3 is 1. The van der Waals surface area contributed by atoms with Gasteiger partial charge in [0.05, 0.1) is 24.3 Å². The van der Waals surface area contributed by atoms with E-state index in [0.29, 0.717) is 56.6 Å². The van der Waals surface area contributed by atoms with Crippen molar-refractivity contribution >= 4 is 46.4 Å². The summed E-state index contributed by atoms with van der Waals surface area (Å²) in [4.78, 5) is 80.3. The van der Waals surface area contributed by atoms with Gasteiger partial charge in [-0.25, -0.2) is 4.79 Å². The maximum absolute atomic E-state index is 14.6. The fraction of sp³-hybridized carbons (Fsp3) is 0.733. The van der Waals surface area contributed by atoms with Gasteiger partial charge in [0.1, 0.15) is 36.0 Å². The fourth-order valence-corrected chi connectivity index (χ4v) is 9.57. The van der Waals surface area contributed by atoms with Gasteiger partial charge in [-0.15, -0.1) is 11.8 Å². The Bertz CT molecular complexity index is 1680. The summed E-state index contributed by atoms with van der Waals surface area (Å²) in [7, 11) is 4.70. The van der Waals surface area contributed by atoms with Crippen molar-refractivity contribution in [3.05, 3.63) is 29.8 Å². The Balaban J connectivity index is 1.71. The molecular weight excluding hydrogens is 771 g/mol. The minimum Gasteiger partial charge on any atom is -0.497 e. The first-order valence-corrected chi connectivity index (χ1v) is 22.4. The first-order valence-electron chi connectivity index (χ1n) is 21.5. The van der Waals surface area contributed by atoms with Crippen molar-refractivity contribution in [2.45, 2.75) is 156 Å². The minimum absolute atomic E-state index is 0.00766. The molecule has 1 unspecified atom stereocenters. The van der Waals surface area contributed by atoms with Gasteiger partial charge in [0, 0.05) is 44.6 Å². The van der Waals surface area contributed by atoms with Crippen LogP contribution in [0.15, 0.2) is 29.3 Å². The van der Waals surface area contributed by atoms with Crippen molar-refractivity contribution in [1.29, 1.82) is 0 Å². The molecule has 1 aromatic rings. The number of aliphatic hydroxyl groups excluding tert-OH is 1. The fourth-order valence-electron chi connectivity index (χ4n) is 8.25. The largest absolute Gasteiger partial charge is 0.497 e. The second kappa shape index (κ2) is 20.3. The van der Waals surface area contributed by atoms with Gasteiger partial charge < -0.3 is 34.6 Å². The zero-order valence-corrected chi connectivity index (χ0v) is 38.4. The number of ether oxygens (including phenoxy) is 2. The van der Waals surface area contributed by atoms with Crippen molar-refractivity contribution < 1.29 is 38.6 Å². The van der Waals surface area contributed by atoms with Crippen LogP contribution in [0.2, 0.25) is 0 Å². The third-order valence-electron chi connectivity index (χ3n) is 12.8. The van der Waals surface area contributed by atoms with E-state index >= 15 is 0 Å². The van der Waals surface area contributed by atoms with Gasteiger partial charge in [-0.1, -0.05) is 73.9 Å². The van der Waals surface area contributed by atoms with Gasteiger partial charge in [-0.2, -0.15) is 0 Å². The highest BCUT2D eigenvalue weighted by Gasteiger charge is 2.45. The van der Waals surface area contributed by atoms with Crippen LogP contribution < -0.4 is 10.1 Å².